The Morgan fingerprint density at radius 2 is 0.966 bits per heavy atom. The SMILES string of the molecule is CN(C)P1(=O)[C@@H](c2ccc(C(C)(C)C)cc2)C=C[C@H]1c1ccc(C(C)(C)C)cc1. The van der Waals surface area contributed by atoms with Crippen LogP contribution in [0, 0.1) is 0 Å². The molecule has 1 aliphatic heterocycles. The number of rotatable bonds is 3. The molecular weight excluding hydrogens is 373 g/mol. The van der Waals surface area contributed by atoms with E-state index in [-0.39, 0.29) is 22.1 Å². The monoisotopic (exact) mass is 409 g/mol. The van der Waals surface area contributed by atoms with Crippen molar-refractivity contribution in [2.75, 3.05) is 14.1 Å². The van der Waals surface area contributed by atoms with Crippen molar-refractivity contribution in [3.8, 4) is 0 Å². The number of hydrogen-bond acceptors (Lipinski definition) is 1. The fourth-order valence-electron chi connectivity index (χ4n) is 4.14. The highest BCUT2D eigenvalue weighted by atomic mass is 31.2. The van der Waals surface area contributed by atoms with Crippen LogP contribution >= 0.6 is 7.29 Å². The fraction of sp³-hybridized carbons (Fsp3) is 0.462. The lowest BCUT2D eigenvalue weighted by Gasteiger charge is -2.33. The molecule has 2 aromatic rings. The van der Waals surface area contributed by atoms with E-state index in [1.165, 1.54) is 11.1 Å². The summed E-state index contributed by atoms with van der Waals surface area (Å²) in [5.41, 5.74) is 4.98. The molecule has 0 N–H and O–H groups in total. The molecule has 0 saturated heterocycles. The molecule has 0 aliphatic carbocycles. The highest BCUT2D eigenvalue weighted by Crippen LogP contribution is 2.74. The van der Waals surface area contributed by atoms with E-state index in [9.17, 15) is 4.57 Å². The van der Waals surface area contributed by atoms with Gasteiger partial charge < -0.3 is 4.57 Å². The van der Waals surface area contributed by atoms with E-state index in [1.54, 1.807) is 0 Å². The van der Waals surface area contributed by atoms with Crippen LogP contribution in [-0.4, -0.2) is 18.8 Å². The van der Waals surface area contributed by atoms with Crippen LogP contribution in [0.4, 0.5) is 0 Å². The van der Waals surface area contributed by atoms with Crippen molar-refractivity contribution in [1.82, 2.24) is 4.67 Å². The summed E-state index contributed by atoms with van der Waals surface area (Å²) >= 11 is 0. The molecule has 0 fully saturated rings. The zero-order valence-corrected chi connectivity index (χ0v) is 20.1. The largest absolute Gasteiger partial charge is 0.305 e. The molecule has 0 bridgehead atoms. The van der Waals surface area contributed by atoms with Gasteiger partial charge in [-0.05, 0) is 47.2 Å². The Balaban J connectivity index is 1.97. The standard InChI is InChI=1S/C26H36NOP/c1-25(2,3)21-13-9-19(10-14-21)23-17-18-24(29(23,28)27(7)8)20-11-15-22(16-12-20)26(4,5)6/h9-18,23-24H,1-8H3/t23-,24+,29?. The minimum absolute atomic E-state index is 0.0705. The van der Waals surface area contributed by atoms with Gasteiger partial charge >= 0.3 is 0 Å². The third-order valence-electron chi connectivity index (χ3n) is 6.13. The van der Waals surface area contributed by atoms with E-state index >= 15 is 0 Å². The van der Waals surface area contributed by atoms with Crippen molar-refractivity contribution in [3.05, 3.63) is 82.9 Å². The van der Waals surface area contributed by atoms with Crippen LogP contribution in [0.15, 0.2) is 60.7 Å². The van der Waals surface area contributed by atoms with Crippen molar-refractivity contribution in [2.24, 2.45) is 0 Å². The van der Waals surface area contributed by atoms with Crippen molar-refractivity contribution in [3.63, 3.8) is 0 Å². The Hall–Kier alpha value is -1.63. The summed E-state index contributed by atoms with van der Waals surface area (Å²) in [6.45, 7) is 13.3. The number of hydrogen-bond donors (Lipinski definition) is 0. The molecule has 1 unspecified atom stereocenters. The summed E-state index contributed by atoms with van der Waals surface area (Å²) in [5, 5.41) is 0. The maximum absolute atomic E-state index is 14.4. The molecule has 0 spiro atoms. The highest BCUT2D eigenvalue weighted by Gasteiger charge is 2.45. The Bertz CT molecular complexity index is 853. The number of allylic oxidation sites excluding steroid dienone is 2. The van der Waals surface area contributed by atoms with Gasteiger partial charge in [0.1, 0.15) is 0 Å². The zero-order chi connectivity index (χ0) is 21.6. The third kappa shape index (κ3) is 4.16. The van der Waals surface area contributed by atoms with Gasteiger partial charge in [-0.1, -0.05) is 102 Å². The first kappa shape index (κ1) is 22.1. The zero-order valence-electron chi connectivity index (χ0n) is 19.2. The van der Waals surface area contributed by atoms with Gasteiger partial charge in [0.05, 0.1) is 11.3 Å². The maximum atomic E-state index is 14.4. The second kappa shape index (κ2) is 7.56. The fourth-order valence-corrected chi connectivity index (χ4v) is 7.37. The molecule has 0 aromatic heterocycles. The van der Waals surface area contributed by atoms with Gasteiger partial charge in [0.2, 0.25) is 0 Å². The van der Waals surface area contributed by atoms with Crippen molar-refractivity contribution in [1.29, 1.82) is 0 Å². The summed E-state index contributed by atoms with van der Waals surface area (Å²) in [4.78, 5) is 0. The molecule has 3 atom stereocenters. The van der Waals surface area contributed by atoms with Gasteiger partial charge in [0.25, 0.3) is 0 Å². The van der Waals surface area contributed by atoms with Crippen LogP contribution in [0.3, 0.4) is 0 Å². The van der Waals surface area contributed by atoms with Gasteiger partial charge in [0, 0.05) is 0 Å². The molecule has 2 aromatic carbocycles. The molecule has 3 heteroatoms. The molecule has 0 radical (unpaired) electrons. The molecule has 3 rings (SSSR count). The minimum atomic E-state index is -2.70. The van der Waals surface area contributed by atoms with Crippen LogP contribution in [0.2, 0.25) is 0 Å². The first-order valence-electron chi connectivity index (χ1n) is 10.5. The third-order valence-corrected chi connectivity index (χ3v) is 9.92. The first-order valence-corrected chi connectivity index (χ1v) is 12.3. The van der Waals surface area contributed by atoms with Gasteiger partial charge in [-0.25, -0.2) is 0 Å². The smallest absolute Gasteiger partial charge is 0.171 e. The Kier molecular flexibility index (Phi) is 5.75. The Morgan fingerprint density at radius 3 is 1.21 bits per heavy atom. The average Bonchev–Trinajstić information content (AvgIpc) is 2.99. The average molecular weight is 410 g/mol. The van der Waals surface area contributed by atoms with Gasteiger partial charge in [0.15, 0.2) is 7.29 Å². The summed E-state index contributed by atoms with van der Waals surface area (Å²) in [5.74, 6) is 0. The van der Waals surface area contributed by atoms with Crippen LogP contribution in [0.1, 0.15) is 75.1 Å². The van der Waals surface area contributed by atoms with Crippen LogP contribution in [0.5, 0.6) is 0 Å². The van der Waals surface area contributed by atoms with E-state index in [0.717, 1.165) is 11.1 Å². The second-order valence-corrected chi connectivity index (χ2v) is 13.8. The van der Waals surface area contributed by atoms with Crippen molar-refractivity contribution >= 4 is 7.29 Å². The van der Waals surface area contributed by atoms with E-state index < -0.39 is 7.29 Å². The van der Waals surface area contributed by atoms with Gasteiger partial charge in [-0.2, -0.15) is 0 Å². The number of benzene rings is 2. The van der Waals surface area contributed by atoms with Crippen molar-refractivity contribution < 1.29 is 4.57 Å². The van der Waals surface area contributed by atoms with Crippen LogP contribution in [-0.2, 0) is 15.4 Å². The van der Waals surface area contributed by atoms with Gasteiger partial charge in [-0.15, -0.1) is 0 Å². The molecule has 0 amide bonds. The normalized spacial score (nSPS) is 25.0. The summed E-state index contributed by atoms with van der Waals surface area (Å²) in [7, 11) is 1.22. The molecule has 0 saturated carbocycles. The first-order chi connectivity index (χ1) is 13.3. The quantitative estimate of drug-likeness (QED) is 0.387. The second-order valence-electron chi connectivity index (χ2n) is 10.5. The maximum Gasteiger partial charge on any atom is 0.171 e. The minimum Gasteiger partial charge on any atom is -0.305 e. The molecular formula is C26H36NOP. The van der Waals surface area contributed by atoms with Crippen LogP contribution < -0.4 is 0 Å². The lowest BCUT2D eigenvalue weighted by molar-refractivity contribution is 0.505. The van der Waals surface area contributed by atoms with Crippen LogP contribution in [0.25, 0.3) is 0 Å². The predicted molar refractivity (Wildman–Crippen MR) is 126 cm³/mol. The van der Waals surface area contributed by atoms with E-state index in [0.29, 0.717) is 0 Å². The topological polar surface area (TPSA) is 20.3 Å². The molecule has 29 heavy (non-hydrogen) atoms. The lowest BCUT2D eigenvalue weighted by Crippen LogP contribution is -2.16. The molecule has 2 nitrogen and oxygen atoms in total. The summed E-state index contributed by atoms with van der Waals surface area (Å²) < 4.78 is 16.4. The van der Waals surface area contributed by atoms with E-state index in [2.05, 4.69) is 102 Å². The molecule has 1 aliphatic rings. The molecule has 1 heterocycles. The van der Waals surface area contributed by atoms with Crippen molar-refractivity contribution in [2.45, 2.75) is 63.7 Å². The van der Waals surface area contributed by atoms with Gasteiger partial charge in [-0.3, -0.25) is 4.67 Å². The Labute approximate surface area is 177 Å². The van der Waals surface area contributed by atoms with E-state index in [1.807, 2.05) is 18.8 Å². The predicted octanol–water partition coefficient (Wildman–Crippen LogP) is 7.47. The number of nitrogens with zero attached hydrogens (tertiary/aromatic N) is 1. The summed E-state index contributed by atoms with van der Waals surface area (Å²) in [6, 6.07) is 17.4. The summed E-state index contributed by atoms with van der Waals surface area (Å²) in [6.07, 6.45) is 4.32. The van der Waals surface area contributed by atoms with E-state index in [4.69, 9.17) is 0 Å². The highest BCUT2D eigenvalue weighted by molar-refractivity contribution is 7.63. The lowest BCUT2D eigenvalue weighted by atomic mass is 9.86. The Morgan fingerprint density at radius 1 is 0.655 bits per heavy atom. The molecule has 156 valence electrons.